The molecule has 0 aliphatic carbocycles. The first kappa shape index (κ1) is 15.3. The number of benzene rings is 1. The average Bonchev–Trinajstić information content (AvgIpc) is 2.27. The molecule has 0 spiro atoms. The van der Waals surface area contributed by atoms with Crippen LogP contribution in [0.5, 0.6) is 0 Å². The third-order valence-corrected chi connectivity index (χ3v) is 3.58. The van der Waals surface area contributed by atoms with E-state index in [0.29, 0.717) is 15.6 Å². The molecule has 1 rings (SSSR count). The van der Waals surface area contributed by atoms with Gasteiger partial charge in [0.2, 0.25) is 0 Å². The van der Waals surface area contributed by atoms with Crippen molar-refractivity contribution in [3.05, 3.63) is 33.1 Å². The van der Waals surface area contributed by atoms with Crippen LogP contribution in [0.25, 0.3) is 0 Å². The molecule has 0 bridgehead atoms. The molecule has 0 aliphatic heterocycles. The predicted octanol–water partition coefficient (Wildman–Crippen LogP) is 2.61. The Labute approximate surface area is 124 Å². The summed E-state index contributed by atoms with van der Waals surface area (Å²) in [5.74, 6) is -0.652. The van der Waals surface area contributed by atoms with E-state index in [1.165, 1.54) is 18.2 Å². The maximum absolute atomic E-state index is 12.9. The van der Waals surface area contributed by atoms with Crippen molar-refractivity contribution in [3.8, 4) is 0 Å². The monoisotopic (exact) mass is 380 g/mol. The number of hydrogen-bond donors (Lipinski definition) is 2. The van der Waals surface area contributed by atoms with E-state index in [9.17, 15) is 9.18 Å². The molecule has 1 atom stereocenters. The second-order valence-electron chi connectivity index (χ2n) is 3.84. The van der Waals surface area contributed by atoms with Gasteiger partial charge in [-0.25, -0.2) is 4.39 Å². The molecule has 0 saturated heterocycles. The van der Waals surface area contributed by atoms with Gasteiger partial charge in [-0.15, -0.1) is 0 Å². The van der Waals surface area contributed by atoms with Crippen LogP contribution in [-0.2, 0) is 0 Å². The van der Waals surface area contributed by atoms with E-state index >= 15 is 0 Å². The van der Waals surface area contributed by atoms with Crippen molar-refractivity contribution in [3.63, 3.8) is 0 Å². The van der Waals surface area contributed by atoms with Gasteiger partial charge >= 0.3 is 0 Å². The van der Waals surface area contributed by atoms with Gasteiger partial charge in [-0.1, -0.05) is 25.6 Å². The number of amides is 1. The summed E-state index contributed by atoms with van der Waals surface area (Å²) in [7, 11) is 0. The van der Waals surface area contributed by atoms with Crippen molar-refractivity contribution in [2.45, 2.75) is 25.8 Å². The minimum atomic E-state index is -0.365. The first-order valence-corrected chi connectivity index (χ1v) is 6.99. The van der Waals surface area contributed by atoms with E-state index in [2.05, 4.69) is 5.32 Å². The molecule has 3 N–H and O–H groups in total. The van der Waals surface area contributed by atoms with Gasteiger partial charge in [0.25, 0.3) is 5.91 Å². The average molecular weight is 380 g/mol. The summed E-state index contributed by atoms with van der Waals surface area (Å²) >= 11 is 6.83. The van der Waals surface area contributed by atoms with Crippen LogP contribution < -0.4 is 11.1 Å². The number of nitrogens with two attached hydrogens (primary N) is 1. The number of halogens is 2. The fourth-order valence-corrected chi connectivity index (χ4v) is 2.38. The van der Waals surface area contributed by atoms with Crippen molar-refractivity contribution in [1.29, 1.82) is 0 Å². The van der Waals surface area contributed by atoms with Crippen LogP contribution in [0.1, 0.15) is 30.1 Å². The van der Waals surface area contributed by atoms with E-state index in [4.69, 9.17) is 18.0 Å². The van der Waals surface area contributed by atoms with Gasteiger partial charge in [0.05, 0.1) is 16.6 Å². The Morgan fingerprint density at radius 2 is 2.28 bits per heavy atom. The second kappa shape index (κ2) is 6.98. The summed E-state index contributed by atoms with van der Waals surface area (Å²) in [5, 5.41) is 2.76. The number of carbonyl (C=O) groups excluding carboxylic acids is 1. The van der Waals surface area contributed by atoms with Crippen molar-refractivity contribution in [2.75, 3.05) is 0 Å². The Kier molecular flexibility index (Phi) is 5.94. The molecule has 18 heavy (non-hydrogen) atoms. The third kappa shape index (κ3) is 4.16. The summed E-state index contributed by atoms with van der Waals surface area (Å²) in [4.78, 5) is 12.3. The van der Waals surface area contributed by atoms with Crippen LogP contribution in [0.3, 0.4) is 0 Å². The number of thiocarbonyl (C=S) groups is 1. The molecule has 0 aromatic heterocycles. The van der Waals surface area contributed by atoms with Gasteiger partial charge in [0.1, 0.15) is 5.82 Å². The minimum Gasteiger partial charge on any atom is -0.392 e. The Hall–Kier alpha value is -0.760. The number of carbonyl (C=O) groups is 1. The normalized spacial score (nSPS) is 11.9. The molecule has 6 heteroatoms. The van der Waals surface area contributed by atoms with Crippen LogP contribution >= 0.6 is 34.8 Å². The van der Waals surface area contributed by atoms with Gasteiger partial charge in [-0.05, 0) is 47.2 Å². The zero-order chi connectivity index (χ0) is 13.7. The first-order valence-electron chi connectivity index (χ1n) is 5.51. The number of nitrogens with one attached hydrogen (secondary N) is 1. The predicted molar refractivity (Wildman–Crippen MR) is 82.1 cm³/mol. The summed E-state index contributed by atoms with van der Waals surface area (Å²) in [6.45, 7) is 1.99. The lowest BCUT2D eigenvalue weighted by molar-refractivity contribution is 0.0944. The fraction of sp³-hybridized carbons (Fsp3) is 0.333. The van der Waals surface area contributed by atoms with Crippen molar-refractivity contribution in [1.82, 2.24) is 5.32 Å². The highest BCUT2D eigenvalue weighted by Crippen LogP contribution is 2.14. The van der Waals surface area contributed by atoms with E-state index < -0.39 is 0 Å². The summed E-state index contributed by atoms with van der Waals surface area (Å²) < 4.78 is 13.5. The lowest BCUT2D eigenvalue weighted by atomic mass is 10.1. The van der Waals surface area contributed by atoms with E-state index in [1.54, 1.807) is 0 Å². The zero-order valence-electron chi connectivity index (χ0n) is 9.87. The van der Waals surface area contributed by atoms with Gasteiger partial charge in [0, 0.05) is 3.57 Å². The molecular weight excluding hydrogens is 366 g/mol. The highest BCUT2D eigenvalue weighted by molar-refractivity contribution is 14.1. The molecule has 1 aromatic carbocycles. The van der Waals surface area contributed by atoms with Gasteiger partial charge < -0.3 is 11.1 Å². The highest BCUT2D eigenvalue weighted by Gasteiger charge is 2.17. The van der Waals surface area contributed by atoms with Gasteiger partial charge in [-0.3, -0.25) is 4.79 Å². The molecule has 98 valence electrons. The fourth-order valence-electron chi connectivity index (χ4n) is 1.48. The maximum Gasteiger partial charge on any atom is 0.252 e. The highest BCUT2D eigenvalue weighted by atomic mass is 127. The van der Waals surface area contributed by atoms with Crippen LogP contribution in [0.4, 0.5) is 4.39 Å². The molecule has 0 aliphatic rings. The molecule has 3 nitrogen and oxygen atoms in total. The van der Waals surface area contributed by atoms with Crippen molar-refractivity contribution >= 4 is 45.7 Å². The maximum atomic E-state index is 12.9. The first-order chi connectivity index (χ1) is 8.45. The topological polar surface area (TPSA) is 55.1 Å². The molecule has 1 unspecified atom stereocenters. The largest absolute Gasteiger partial charge is 0.392 e. The van der Waals surface area contributed by atoms with Gasteiger partial charge in [-0.2, -0.15) is 0 Å². The Morgan fingerprint density at radius 3 is 2.78 bits per heavy atom. The molecule has 0 radical (unpaired) electrons. The summed E-state index contributed by atoms with van der Waals surface area (Å²) in [6.07, 6.45) is 1.56. The lowest BCUT2D eigenvalue weighted by Crippen LogP contribution is -2.43. The smallest absolute Gasteiger partial charge is 0.252 e. The van der Waals surface area contributed by atoms with Crippen LogP contribution in [0.15, 0.2) is 18.2 Å². The minimum absolute atomic E-state index is 0.266. The molecule has 0 fully saturated rings. The Balaban J connectivity index is 2.83. The standard InChI is InChI=1S/C12H14FIN2OS/c1-2-3-10(11(15)18)16-12(17)8-5-4-7(13)6-9(8)14/h4-6,10H,2-3H2,1H3,(H2,15,18)(H,16,17). The second-order valence-corrected chi connectivity index (χ2v) is 5.47. The van der Waals surface area contributed by atoms with Crippen LogP contribution in [0.2, 0.25) is 0 Å². The quantitative estimate of drug-likeness (QED) is 0.610. The summed E-state index contributed by atoms with van der Waals surface area (Å²) in [6, 6.07) is 3.70. The number of hydrogen-bond acceptors (Lipinski definition) is 2. The molecule has 1 amide bonds. The molecular formula is C12H14FIN2OS. The summed E-state index contributed by atoms with van der Waals surface area (Å²) in [5.41, 5.74) is 5.99. The van der Waals surface area contributed by atoms with E-state index in [-0.39, 0.29) is 22.8 Å². The SMILES string of the molecule is CCCC(NC(=O)c1ccc(F)cc1I)C(N)=S. The van der Waals surface area contributed by atoms with Crippen LogP contribution in [0, 0.1) is 9.39 Å². The zero-order valence-corrected chi connectivity index (χ0v) is 12.8. The Bertz CT molecular complexity index is 467. The molecule has 0 heterocycles. The lowest BCUT2D eigenvalue weighted by Gasteiger charge is -2.17. The van der Waals surface area contributed by atoms with E-state index in [0.717, 1.165) is 6.42 Å². The molecule has 0 saturated carbocycles. The Morgan fingerprint density at radius 1 is 1.61 bits per heavy atom. The van der Waals surface area contributed by atoms with Crippen molar-refractivity contribution in [2.24, 2.45) is 5.73 Å². The van der Waals surface area contributed by atoms with Gasteiger partial charge in [0.15, 0.2) is 0 Å². The van der Waals surface area contributed by atoms with E-state index in [1.807, 2.05) is 29.5 Å². The number of rotatable bonds is 5. The van der Waals surface area contributed by atoms with Crippen LogP contribution in [-0.4, -0.2) is 16.9 Å². The molecule has 1 aromatic rings. The van der Waals surface area contributed by atoms with Crippen molar-refractivity contribution < 1.29 is 9.18 Å². The third-order valence-electron chi connectivity index (χ3n) is 2.40.